The zero-order chi connectivity index (χ0) is 17.7. The molecule has 0 aliphatic heterocycles. The summed E-state index contributed by atoms with van der Waals surface area (Å²) >= 11 is 0. The lowest BCUT2D eigenvalue weighted by Crippen LogP contribution is -2.38. The molecule has 2 aromatic carbocycles. The third-order valence-corrected chi connectivity index (χ3v) is 4.36. The van der Waals surface area contributed by atoms with Crippen molar-refractivity contribution < 1.29 is 18.5 Å². The highest BCUT2D eigenvalue weighted by atomic mass is 32.2. The topological polar surface area (TPSA) is 66.4 Å². The van der Waals surface area contributed by atoms with Crippen molar-refractivity contribution in [2.24, 2.45) is 0 Å². The highest BCUT2D eigenvalue weighted by Crippen LogP contribution is 2.20. The SMILES string of the molecule is CS(=O)Cc1cccc(C(=O)NCC(C)(O)c2ccc(F)cc2)c1. The number of hydrogen-bond donors (Lipinski definition) is 2. The van der Waals surface area contributed by atoms with Gasteiger partial charge in [-0.15, -0.1) is 0 Å². The van der Waals surface area contributed by atoms with Crippen LogP contribution in [-0.2, 0) is 22.2 Å². The van der Waals surface area contributed by atoms with Crippen LogP contribution in [0.3, 0.4) is 0 Å². The first-order valence-electron chi connectivity index (χ1n) is 7.43. The Morgan fingerprint density at radius 1 is 1.25 bits per heavy atom. The van der Waals surface area contributed by atoms with Gasteiger partial charge >= 0.3 is 0 Å². The van der Waals surface area contributed by atoms with E-state index < -0.39 is 16.4 Å². The van der Waals surface area contributed by atoms with E-state index in [0.29, 0.717) is 16.9 Å². The second-order valence-electron chi connectivity index (χ2n) is 5.88. The molecule has 0 aliphatic rings. The normalized spacial score (nSPS) is 14.7. The van der Waals surface area contributed by atoms with Crippen molar-refractivity contribution in [2.75, 3.05) is 12.8 Å². The molecule has 0 bridgehead atoms. The van der Waals surface area contributed by atoms with Crippen LogP contribution in [0, 0.1) is 5.82 Å². The predicted octanol–water partition coefficient (Wildman–Crippen LogP) is 2.34. The number of hydrogen-bond acceptors (Lipinski definition) is 3. The molecule has 0 saturated heterocycles. The maximum absolute atomic E-state index is 13.0. The van der Waals surface area contributed by atoms with Crippen molar-refractivity contribution in [3.63, 3.8) is 0 Å². The summed E-state index contributed by atoms with van der Waals surface area (Å²) < 4.78 is 24.2. The van der Waals surface area contributed by atoms with Crippen LogP contribution in [0.25, 0.3) is 0 Å². The predicted molar refractivity (Wildman–Crippen MR) is 92.5 cm³/mol. The fourth-order valence-electron chi connectivity index (χ4n) is 2.30. The molecule has 2 N–H and O–H groups in total. The quantitative estimate of drug-likeness (QED) is 0.841. The second kappa shape index (κ2) is 7.68. The van der Waals surface area contributed by atoms with Gasteiger partial charge in [-0.2, -0.15) is 0 Å². The second-order valence-corrected chi connectivity index (χ2v) is 7.32. The fourth-order valence-corrected chi connectivity index (χ4v) is 2.95. The van der Waals surface area contributed by atoms with Gasteiger partial charge in [0.1, 0.15) is 11.4 Å². The van der Waals surface area contributed by atoms with E-state index in [-0.39, 0.29) is 18.3 Å². The van der Waals surface area contributed by atoms with Gasteiger partial charge in [0.2, 0.25) is 0 Å². The first kappa shape index (κ1) is 18.3. The molecule has 0 spiro atoms. The van der Waals surface area contributed by atoms with Crippen LogP contribution in [0.15, 0.2) is 48.5 Å². The number of benzene rings is 2. The molecule has 0 saturated carbocycles. The molecule has 1 amide bonds. The van der Waals surface area contributed by atoms with Crippen molar-refractivity contribution in [2.45, 2.75) is 18.3 Å². The number of carbonyl (C=O) groups is 1. The Hall–Kier alpha value is -2.05. The first-order valence-corrected chi connectivity index (χ1v) is 9.16. The monoisotopic (exact) mass is 349 g/mol. The van der Waals surface area contributed by atoms with Crippen LogP contribution in [0.5, 0.6) is 0 Å². The number of rotatable bonds is 6. The summed E-state index contributed by atoms with van der Waals surface area (Å²) in [7, 11) is -0.985. The van der Waals surface area contributed by atoms with Crippen LogP contribution in [0.1, 0.15) is 28.4 Å². The smallest absolute Gasteiger partial charge is 0.251 e. The first-order chi connectivity index (χ1) is 11.3. The van der Waals surface area contributed by atoms with E-state index in [1.807, 2.05) is 6.07 Å². The third kappa shape index (κ3) is 4.97. The van der Waals surface area contributed by atoms with Gasteiger partial charge in [-0.3, -0.25) is 9.00 Å². The molecule has 128 valence electrons. The van der Waals surface area contributed by atoms with Crippen LogP contribution < -0.4 is 5.32 Å². The van der Waals surface area contributed by atoms with Gasteiger partial charge in [-0.1, -0.05) is 24.3 Å². The van der Waals surface area contributed by atoms with E-state index in [4.69, 9.17) is 0 Å². The van der Waals surface area contributed by atoms with Crippen LogP contribution in [0.4, 0.5) is 4.39 Å². The Morgan fingerprint density at radius 3 is 2.54 bits per heavy atom. The molecule has 0 fully saturated rings. The van der Waals surface area contributed by atoms with Crippen molar-refractivity contribution in [3.8, 4) is 0 Å². The maximum atomic E-state index is 13.0. The Labute approximate surface area is 143 Å². The molecule has 2 rings (SSSR count). The minimum Gasteiger partial charge on any atom is -0.384 e. The molecule has 2 unspecified atom stereocenters. The molecule has 24 heavy (non-hydrogen) atoms. The molecule has 0 aliphatic carbocycles. The highest BCUT2D eigenvalue weighted by Gasteiger charge is 2.24. The summed E-state index contributed by atoms with van der Waals surface area (Å²) in [4.78, 5) is 12.3. The molecule has 0 heterocycles. The van der Waals surface area contributed by atoms with Crippen molar-refractivity contribution in [3.05, 3.63) is 71.0 Å². The average molecular weight is 349 g/mol. The summed E-state index contributed by atoms with van der Waals surface area (Å²) in [6, 6.07) is 12.4. The fraction of sp³-hybridized carbons (Fsp3) is 0.278. The summed E-state index contributed by atoms with van der Waals surface area (Å²) in [5.41, 5.74) is 0.451. The zero-order valence-corrected chi connectivity index (χ0v) is 14.4. The highest BCUT2D eigenvalue weighted by molar-refractivity contribution is 7.83. The van der Waals surface area contributed by atoms with Crippen LogP contribution in [0.2, 0.25) is 0 Å². The lowest BCUT2D eigenvalue weighted by Gasteiger charge is -2.24. The average Bonchev–Trinajstić information content (AvgIpc) is 2.53. The minimum atomic E-state index is -1.31. The minimum absolute atomic E-state index is 0.0125. The molecular weight excluding hydrogens is 329 g/mol. The third-order valence-electron chi connectivity index (χ3n) is 3.62. The van der Waals surface area contributed by atoms with Gasteiger partial charge in [-0.25, -0.2) is 4.39 Å². The largest absolute Gasteiger partial charge is 0.384 e. The molecule has 0 radical (unpaired) electrons. The molecule has 2 atom stereocenters. The van der Waals surface area contributed by atoms with Gasteiger partial charge in [0.15, 0.2) is 0 Å². The lowest BCUT2D eigenvalue weighted by molar-refractivity contribution is 0.0526. The summed E-state index contributed by atoms with van der Waals surface area (Å²) in [6.45, 7) is 1.54. The number of amides is 1. The standard InChI is InChI=1S/C18H20FNO3S/c1-18(22,15-6-8-16(19)9-7-15)12-20-17(21)14-5-3-4-13(10-14)11-24(2)23/h3-10,22H,11-12H2,1-2H3,(H,20,21). The molecule has 2 aromatic rings. The molecule has 6 heteroatoms. The summed E-state index contributed by atoms with van der Waals surface area (Å²) in [5, 5.41) is 13.1. The number of aliphatic hydroxyl groups is 1. The Morgan fingerprint density at radius 2 is 1.92 bits per heavy atom. The van der Waals surface area contributed by atoms with E-state index in [1.54, 1.807) is 31.4 Å². The van der Waals surface area contributed by atoms with Gasteiger partial charge in [0.25, 0.3) is 5.91 Å². The lowest BCUT2D eigenvalue weighted by atomic mass is 9.96. The maximum Gasteiger partial charge on any atom is 0.251 e. The number of carbonyl (C=O) groups excluding carboxylic acids is 1. The van der Waals surface area contributed by atoms with E-state index in [1.165, 1.54) is 24.3 Å². The Kier molecular flexibility index (Phi) is 5.85. The van der Waals surface area contributed by atoms with Gasteiger partial charge in [-0.05, 0) is 42.3 Å². The van der Waals surface area contributed by atoms with E-state index in [2.05, 4.69) is 5.32 Å². The van der Waals surface area contributed by atoms with E-state index in [9.17, 15) is 18.5 Å². The molecular formula is C18H20FNO3S. The Bertz CT molecular complexity index is 744. The molecule has 0 aromatic heterocycles. The van der Waals surface area contributed by atoms with E-state index in [0.717, 1.165) is 5.56 Å². The van der Waals surface area contributed by atoms with Crippen LogP contribution >= 0.6 is 0 Å². The Balaban J connectivity index is 2.04. The van der Waals surface area contributed by atoms with Gasteiger partial charge in [0, 0.05) is 28.4 Å². The van der Waals surface area contributed by atoms with Crippen molar-refractivity contribution in [1.29, 1.82) is 0 Å². The van der Waals surface area contributed by atoms with Gasteiger partial charge < -0.3 is 10.4 Å². The van der Waals surface area contributed by atoms with Gasteiger partial charge in [0.05, 0.1) is 6.54 Å². The zero-order valence-electron chi connectivity index (χ0n) is 13.6. The number of halogens is 1. The number of nitrogens with one attached hydrogen (secondary N) is 1. The summed E-state index contributed by atoms with van der Waals surface area (Å²) in [5.74, 6) is -0.334. The van der Waals surface area contributed by atoms with Crippen LogP contribution in [-0.4, -0.2) is 28.0 Å². The van der Waals surface area contributed by atoms with Crippen molar-refractivity contribution >= 4 is 16.7 Å². The van der Waals surface area contributed by atoms with Crippen molar-refractivity contribution in [1.82, 2.24) is 5.32 Å². The molecule has 4 nitrogen and oxygen atoms in total. The van der Waals surface area contributed by atoms with E-state index >= 15 is 0 Å². The summed E-state index contributed by atoms with van der Waals surface area (Å²) in [6.07, 6.45) is 1.60.